The zero-order valence-corrected chi connectivity index (χ0v) is 28.2. The van der Waals surface area contributed by atoms with Crippen LogP contribution in [0, 0.1) is 6.92 Å². The first-order chi connectivity index (χ1) is 23.1. The van der Waals surface area contributed by atoms with Crippen molar-refractivity contribution in [2.75, 3.05) is 17.9 Å². The minimum absolute atomic E-state index is 0.0204. The molecule has 0 fully saturated rings. The predicted octanol–water partition coefficient (Wildman–Crippen LogP) is 7.02. The molecule has 0 aliphatic carbocycles. The molecule has 0 spiro atoms. The predicted molar refractivity (Wildman–Crippen MR) is 189 cm³/mol. The van der Waals surface area contributed by atoms with Crippen molar-refractivity contribution in [3.63, 3.8) is 0 Å². The number of rotatable bonds is 13. The van der Waals surface area contributed by atoms with Gasteiger partial charge in [0.15, 0.2) is 0 Å². The van der Waals surface area contributed by atoms with Crippen LogP contribution in [-0.2, 0) is 32.6 Å². The summed E-state index contributed by atoms with van der Waals surface area (Å²) >= 11 is 6.29. The van der Waals surface area contributed by atoms with Gasteiger partial charge in [-0.25, -0.2) is 8.42 Å². The summed E-state index contributed by atoms with van der Waals surface area (Å²) in [6.07, 6.45) is 0.211. The first-order valence-electron chi connectivity index (χ1n) is 15.4. The number of nitrogens with one attached hydrogen (secondary N) is 1. The lowest BCUT2D eigenvalue weighted by molar-refractivity contribution is -0.139. The molecule has 0 aliphatic heterocycles. The molecule has 5 rings (SSSR count). The van der Waals surface area contributed by atoms with E-state index in [-0.39, 0.29) is 29.5 Å². The lowest BCUT2D eigenvalue weighted by Crippen LogP contribution is -2.53. The number of sulfonamides is 1. The molecular formula is C38H36ClN3O5S. The second kappa shape index (κ2) is 15.6. The summed E-state index contributed by atoms with van der Waals surface area (Å²) in [5, 5.41) is 3.16. The van der Waals surface area contributed by atoms with Gasteiger partial charge in [-0.1, -0.05) is 90.0 Å². The molecule has 0 unspecified atom stereocenters. The number of carbonyl (C=O) groups excluding carboxylic acids is 2. The highest BCUT2D eigenvalue weighted by molar-refractivity contribution is 7.92. The Morgan fingerprint density at radius 2 is 1.38 bits per heavy atom. The van der Waals surface area contributed by atoms with Crippen LogP contribution >= 0.6 is 11.6 Å². The van der Waals surface area contributed by atoms with Crippen molar-refractivity contribution in [2.24, 2.45) is 0 Å². The molecule has 246 valence electrons. The molecule has 0 heterocycles. The Balaban J connectivity index is 1.54. The summed E-state index contributed by atoms with van der Waals surface area (Å²) in [4.78, 5) is 29.4. The van der Waals surface area contributed by atoms with Crippen LogP contribution in [0.15, 0.2) is 138 Å². The molecule has 0 aromatic heterocycles. The fraction of sp³-hybridized carbons (Fsp3) is 0.158. The van der Waals surface area contributed by atoms with Crippen LogP contribution in [0.2, 0.25) is 5.02 Å². The molecule has 0 aliphatic rings. The van der Waals surface area contributed by atoms with Gasteiger partial charge in [-0.2, -0.15) is 0 Å². The number of halogens is 1. The molecule has 5 aromatic carbocycles. The van der Waals surface area contributed by atoms with E-state index in [4.69, 9.17) is 16.3 Å². The van der Waals surface area contributed by atoms with Gasteiger partial charge in [-0.05, 0) is 78.7 Å². The van der Waals surface area contributed by atoms with Crippen molar-refractivity contribution in [1.29, 1.82) is 0 Å². The van der Waals surface area contributed by atoms with Gasteiger partial charge in [0.2, 0.25) is 11.8 Å². The van der Waals surface area contributed by atoms with Crippen molar-refractivity contribution in [3.05, 3.63) is 155 Å². The summed E-state index contributed by atoms with van der Waals surface area (Å²) in [7, 11) is -2.73. The average Bonchev–Trinajstić information content (AvgIpc) is 3.10. The van der Waals surface area contributed by atoms with E-state index in [0.717, 1.165) is 15.4 Å². The van der Waals surface area contributed by atoms with Crippen LogP contribution < -0.4 is 14.4 Å². The van der Waals surface area contributed by atoms with Crippen molar-refractivity contribution < 1.29 is 22.7 Å². The third-order valence-corrected chi connectivity index (χ3v) is 9.77. The summed E-state index contributed by atoms with van der Waals surface area (Å²) in [6.45, 7) is 1.31. The Morgan fingerprint density at radius 1 is 0.771 bits per heavy atom. The van der Waals surface area contributed by atoms with Crippen LogP contribution in [-0.4, -0.2) is 44.8 Å². The number of hydrogen-bond acceptors (Lipinski definition) is 5. The number of para-hydroxylation sites is 1. The maximum atomic E-state index is 14.5. The maximum Gasteiger partial charge on any atom is 0.264 e. The quantitative estimate of drug-likeness (QED) is 0.144. The molecule has 10 heteroatoms. The highest BCUT2D eigenvalue weighted by Crippen LogP contribution is 2.29. The second-order valence-corrected chi connectivity index (χ2v) is 13.5. The van der Waals surface area contributed by atoms with E-state index in [1.54, 1.807) is 54.6 Å². The minimum atomic E-state index is -4.24. The number of likely N-dealkylation sites (N-methyl/N-ethyl adjacent to an activating group) is 1. The summed E-state index contributed by atoms with van der Waals surface area (Å²) in [5.74, 6) is 0.165. The van der Waals surface area contributed by atoms with Gasteiger partial charge in [0.25, 0.3) is 10.0 Å². The van der Waals surface area contributed by atoms with Crippen LogP contribution in [0.4, 0.5) is 5.69 Å². The van der Waals surface area contributed by atoms with E-state index in [1.165, 1.54) is 24.1 Å². The largest absolute Gasteiger partial charge is 0.457 e. The third kappa shape index (κ3) is 8.61. The smallest absolute Gasteiger partial charge is 0.264 e. The zero-order chi connectivity index (χ0) is 34.1. The average molecular weight is 682 g/mol. The first kappa shape index (κ1) is 34.2. The fourth-order valence-corrected chi connectivity index (χ4v) is 6.85. The monoisotopic (exact) mass is 681 g/mol. The minimum Gasteiger partial charge on any atom is -0.457 e. The molecule has 8 nitrogen and oxygen atoms in total. The first-order valence-corrected chi connectivity index (χ1v) is 17.2. The lowest BCUT2D eigenvalue weighted by atomic mass is 10.0. The molecule has 0 bridgehead atoms. The van der Waals surface area contributed by atoms with Crippen molar-refractivity contribution in [2.45, 2.75) is 30.8 Å². The summed E-state index contributed by atoms with van der Waals surface area (Å²) in [5.41, 5.74) is 2.67. The van der Waals surface area contributed by atoms with E-state index >= 15 is 0 Å². The molecule has 0 saturated carbocycles. The topological polar surface area (TPSA) is 96.0 Å². The van der Waals surface area contributed by atoms with Gasteiger partial charge >= 0.3 is 0 Å². The van der Waals surface area contributed by atoms with Gasteiger partial charge in [0, 0.05) is 25.0 Å². The Bertz CT molecular complexity index is 1940. The van der Waals surface area contributed by atoms with Crippen LogP contribution in [0.25, 0.3) is 0 Å². The van der Waals surface area contributed by atoms with E-state index in [2.05, 4.69) is 5.32 Å². The second-order valence-electron chi connectivity index (χ2n) is 11.2. The van der Waals surface area contributed by atoms with Crippen LogP contribution in [0.3, 0.4) is 0 Å². The normalized spacial score (nSPS) is 11.7. The molecule has 1 atom stereocenters. The molecule has 0 saturated heterocycles. The van der Waals surface area contributed by atoms with Crippen molar-refractivity contribution >= 4 is 39.1 Å². The number of aryl methyl sites for hydroxylation is 1. The van der Waals surface area contributed by atoms with E-state index in [0.29, 0.717) is 22.1 Å². The fourth-order valence-electron chi connectivity index (χ4n) is 5.22. The van der Waals surface area contributed by atoms with Gasteiger partial charge in [0.05, 0.1) is 10.6 Å². The standard InChI is InChI=1S/C38H36ClN3O5S/c1-28-16-22-35(23-17-28)48(45,46)42(32-18-20-34(21-19-32)47-33-14-7-4-8-15-33)27-37(43)41(26-30-12-9-13-31(39)24-30)36(38(44)40-2)25-29-10-5-3-6-11-29/h3-24,36H,25-27H2,1-2H3,(H,40,44)/t36-/m0/s1. The maximum absolute atomic E-state index is 14.5. The highest BCUT2D eigenvalue weighted by Gasteiger charge is 2.34. The molecule has 5 aromatic rings. The SMILES string of the molecule is CNC(=O)[C@H](Cc1ccccc1)N(Cc1cccc(Cl)c1)C(=O)CN(c1ccc(Oc2ccccc2)cc1)S(=O)(=O)c1ccc(C)cc1. The van der Waals surface area contributed by atoms with Crippen LogP contribution in [0.1, 0.15) is 16.7 Å². The number of carbonyl (C=O) groups is 2. The van der Waals surface area contributed by atoms with Gasteiger partial charge < -0.3 is 15.0 Å². The van der Waals surface area contributed by atoms with Crippen molar-refractivity contribution in [3.8, 4) is 11.5 Å². The van der Waals surface area contributed by atoms with Gasteiger partial charge in [0.1, 0.15) is 24.1 Å². The molecule has 1 N–H and O–H groups in total. The number of anilines is 1. The Hall–Kier alpha value is -5.12. The van der Waals surface area contributed by atoms with Crippen molar-refractivity contribution in [1.82, 2.24) is 10.2 Å². The Labute approximate surface area is 286 Å². The summed E-state index contributed by atoms with van der Waals surface area (Å²) in [6, 6.07) is 37.6. The number of amides is 2. The molecule has 0 radical (unpaired) electrons. The Kier molecular flexibility index (Phi) is 11.2. The number of nitrogens with zero attached hydrogens (tertiary/aromatic N) is 2. The highest BCUT2D eigenvalue weighted by atomic mass is 35.5. The Morgan fingerprint density at radius 3 is 2.00 bits per heavy atom. The van der Waals surface area contributed by atoms with E-state index in [9.17, 15) is 18.0 Å². The van der Waals surface area contributed by atoms with Gasteiger partial charge in [-0.3, -0.25) is 13.9 Å². The number of hydrogen-bond donors (Lipinski definition) is 1. The molecule has 2 amide bonds. The lowest BCUT2D eigenvalue weighted by Gasteiger charge is -2.33. The molecule has 48 heavy (non-hydrogen) atoms. The van der Waals surface area contributed by atoms with Crippen LogP contribution in [0.5, 0.6) is 11.5 Å². The molecular weight excluding hydrogens is 646 g/mol. The number of benzene rings is 5. The zero-order valence-electron chi connectivity index (χ0n) is 26.6. The van der Waals surface area contributed by atoms with E-state index in [1.807, 2.05) is 73.7 Å². The third-order valence-electron chi connectivity index (χ3n) is 7.75. The van der Waals surface area contributed by atoms with E-state index < -0.39 is 28.5 Å². The van der Waals surface area contributed by atoms with Gasteiger partial charge in [-0.15, -0.1) is 0 Å². The summed E-state index contributed by atoms with van der Waals surface area (Å²) < 4.78 is 35.5. The number of ether oxygens (including phenoxy) is 1.